The molecule has 0 aromatic carbocycles. The highest BCUT2D eigenvalue weighted by Gasteiger charge is 2.23. The lowest BCUT2D eigenvalue weighted by atomic mass is 9.87. The van der Waals surface area contributed by atoms with E-state index in [0.29, 0.717) is 19.0 Å². The summed E-state index contributed by atoms with van der Waals surface area (Å²) in [6.07, 6.45) is 11.3. The Labute approximate surface area is 144 Å². The monoisotopic (exact) mass is 353 g/mol. The van der Waals surface area contributed by atoms with Crippen LogP contribution < -0.4 is 4.72 Å². The molecule has 2 N–H and O–H groups in total. The SMILES string of the molecule is CS(=O)(=O)NC(=NCCC1CCCCC1)N1CCc2nc[nH]c2C1. The maximum absolute atomic E-state index is 11.7. The number of H-pyrrole nitrogens is 1. The topological polar surface area (TPSA) is 90.4 Å². The minimum absolute atomic E-state index is 0.466. The minimum atomic E-state index is -3.34. The van der Waals surface area contributed by atoms with Gasteiger partial charge in [0.2, 0.25) is 16.0 Å². The molecule has 1 aliphatic carbocycles. The zero-order valence-corrected chi connectivity index (χ0v) is 15.1. The van der Waals surface area contributed by atoms with E-state index in [0.717, 1.165) is 36.7 Å². The summed E-state index contributed by atoms with van der Waals surface area (Å²) in [6, 6.07) is 0. The van der Waals surface area contributed by atoms with Crippen LogP contribution in [0.15, 0.2) is 11.3 Å². The number of aromatic amines is 1. The highest BCUT2D eigenvalue weighted by atomic mass is 32.2. The normalized spacial score (nSPS) is 20.0. The molecule has 0 atom stereocenters. The molecular formula is C16H27N5O2S. The zero-order valence-electron chi connectivity index (χ0n) is 14.3. The molecule has 24 heavy (non-hydrogen) atoms. The van der Waals surface area contributed by atoms with Gasteiger partial charge in [0, 0.05) is 19.5 Å². The first-order valence-electron chi connectivity index (χ1n) is 8.79. The number of hydrogen-bond donors (Lipinski definition) is 2. The van der Waals surface area contributed by atoms with Gasteiger partial charge in [-0.3, -0.25) is 9.71 Å². The van der Waals surface area contributed by atoms with Crippen LogP contribution >= 0.6 is 0 Å². The lowest BCUT2D eigenvalue weighted by Crippen LogP contribution is -2.46. The molecular weight excluding hydrogens is 326 g/mol. The fourth-order valence-corrected chi connectivity index (χ4v) is 4.11. The molecule has 7 nitrogen and oxygen atoms in total. The summed E-state index contributed by atoms with van der Waals surface area (Å²) in [5.41, 5.74) is 2.10. The Morgan fingerprint density at radius 3 is 2.96 bits per heavy atom. The number of fused-ring (bicyclic) bond motifs is 1. The van der Waals surface area contributed by atoms with Gasteiger partial charge in [-0.15, -0.1) is 0 Å². The Morgan fingerprint density at radius 1 is 1.42 bits per heavy atom. The van der Waals surface area contributed by atoms with Crippen molar-refractivity contribution < 1.29 is 8.42 Å². The van der Waals surface area contributed by atoms with Gasteiger partial charge < -0.3 is 9.88 Å². The molecule has 0 saturated heterocycles. The second-order valence-corrected chi connectivity index (χ2v) is 8.62. The van der Waals surface area contributed by atoms with Crippen LogP contribution in [0.2, 0.25) is 0 Å². The van der Waals surface area contributed by atoms with E-state index in [4.69, 9.17) is 0 Å². The third-order valence-electron chi connectivity index (χ3n) is 4.87. The van der Waals surface area contributed by atoms with Gasteiger partial charge in [0.15, 0.2) is 0 Å². The van der Waals surface area contributed by atoms with E-state index in [2.05, 4.69) is 19.7 Å². The first kappa shape index (κ1) is 17.3. The number of aromatic nitrogens is 2. The Hall–Kier alpha value is -1.57. The van der Waals surface area contributed by atoms with Crippen LogP contribution in [0.5, 0.6) is 0 Å². The van der Waals surface area contributed by atoms with Crippen molar-refractivity contribution in [3.05, 3.63) is 17.7 Å². The van der Waals surface area contributed by atoms with Crippen LogP contribution in [-0.4, -0.2) is 48.6 Å². The van der Waals surface area contributed by atoms with Gasteiger partial charge in [0.25, 0.3) is 0 Å². The Balaban J connectivity index is 1.65. The van der Waals surface area contributed by atoms with Crippen molar-refractivity contribution in [3.63, 3.8) is 0 Å². The Bertz CT molecular complexity index is 676. The molecule has 1 aromatic heterocycles. The molecule has 0 unspecified atom stereocenters. The summed E-state index contributed by atoms with van der Waals surface area (Å²) < 4.78 is 26.0. The maximum Gasteiger partial charge on any atom is 0.232 e. The second-order valence-electron chi connectivity index (χ2n) is 6.87. The molecule has 2 heterocycles. The molecule has 0 spiro atoms. The van der Waals surface area contributed by atoms with Gasteiger partial charge in [-0.1, -0.05) is 32.1 Å². The van der Waals surface area contributed by atoms with E-state index < -0.39 is 10.0 Å². The standard InChI is InChI=1S/C16H27N5O2S/c1-24(22,23)20-16(17-9-7-13-5-3-2-4-6-13)21-10-8-14-15(11-21)19-12-18-14/h12-13H,2-11H2,1H3,(H,17,20)(H,18,19). The highest BCUT2D eigenvalue weighted by molar-refractivity contribution is 7.89. The molecule has 1 aromatic rings. The number of hydrogen-bond acceptors (Lipinski definition) is 4. The van der Waals surface area contributed by atoms with Gasteiger partial charge in [0.1, 0.15) is 0 Å². The Morgan fingerprint density at radius 2 is 2.21 bits per heavy atom. The average molecular weight is 353 g/mol. The quantitative estimate of drug-likeness (QED) is 0.636. The molecule has 0 amide bonds. The summed E-state index contributed by atoms with van der Waals surface area (Å²) >= 11 is 0. The molecule has 0 radical (unpaired) electrons. The molecule has 2 aliphatic rings. The largest absolute Gasteiger partial charge is 0.347 e. The lowest BCUT2D eigenvalue weighted by molar-refractivity contribution is 0.340. The van der Waals surface area contributed by atoms with E-state index in [1.807, 2.05) is 4.90 Å². The zero-order chi connectivity index (χ0) is 17.0. The van der Waals surface area contributed by atoms with E-state index >= 15 is 0 Å². The summed E-state index contributed by atoms with van der Waals surface area (Å²) in [5, 5.41) is 0. The number of nitrogens with zero attached hydrogens (tertiary/aromatic N) is 3. The van der Waals surface area contributed by atoms with Crippen molar-refractivity contribution >= 4 is 16.0 Å². The molecule has 1 fully saturated rings. The number of rotatable bonds is 4. The van der Waals surface area contributed by atoms with Gasteiger partial charge in [-0.2, -0.15) is 0 Å². The predicted octanol–water partition coefficient (Wildman–Crippen LogP) is 1.64. The minimum Gasteiger partial charge on any atom is -0.347 e. The fraction of sp³-hybridized carbons (Fsp3) is 0.750. The smallest absolute Gasteiger partial charge is 0.232 e. The number of aliphatic imine (C=N–C) groups is 1. The van der Waals surface area contributed by atoms with E-state index in [-0.39, 0.29) is 0 Å². The third kappa shape index (κ3) is 4.72. The third-order valence-corrected chi connectivity index (χ3v) is 5.43. The van der Waals surface area contributed by atoms with E-state index in [1.165, 1.54) is 38.4 Å². The molecule has 8 heteroatoms. The van der Waals surface area contributed by atoms with Crippen LogP contribution in [0.4, 0.5) is 0 Å². The second kappa shape index (κ2) is 7.55. The van der Waals surface area contributed by atoms with Crippen molar-refractivity contribution in [2.24, 2.45) is 10.9 Å². The number of nitrogens with one attached hydrogen (secondary N) is 2. The van der Waals surface area contributed by atoms with Crippen molar-refractivity contribution in [1.29, 1.82) is 0 Å². The number of imidazole rings is 1. The molecule has 3 rings (SSSR count). The summed E-state index contributed by atoms with van der Waals surface area (Å²) in [5.74, 6) is 1.20. The van der Waals surface area contributed by atoms with Gasteiger partial charge in [-0.05, 0) is 12.3 Å². The summed E-state index contributed by atoms with van der Waals surface area (Å²) in [6.45, 7) is 2.01. The van der Waals surface area contributed by atoms with Crippen LogP contribution in [0.1, 0.15) is 49.9 Å². The van der Waals surface area contributed by atoms with Crippen molar-refractivity contribution in [1.82, 2.24) is 19.6 Å². The van der Waals surface area contributed by atoms with Gasteiger partial charge in [-0.25, -0.2) is 13.4 Å². The van der Waals surface area contributed by atoms with Crippen LogP contribution in [0, 0.1) is 5.92 Å². The van der Waals surface area contributed by atoms with E-state index in [1.54, 1.807) is 6.33 Å². The highest BCUT2D eigenvalue weighted by Crippen LogP contribution is 2.26. The average Bonchev–Trinajstić information content (AvgIpc) is 3.01. The number of sulfonamides is 1. The van der Waals surface area contributed by atoms with Crippen molar-refractivity contribution in [2.45, 2.75) is 51.5 Å². The Kier molecular flexibility index (Phi) is 5.43. The first-order valence-corrected chi connectivity index (χ1v) is 10.7. The molecule has 1 saturated carbocycles. The lowest BCUT2D eigenvalue weighted by Gasteiger charge is -2.29. The molecule has 0 bridgehead atoms. The van der Waals surface area contributed by atoms with Crippen LogP contribution in [0.25, 0.3) is 0 Å². The van der Waals surface area contributed by atoms with Gasteiger partial charge >= 0.3 is 0 Å². The molecule has 1 aliphatic heterocycles. The van der Waals surface area contributed by atoms with Gasteiger partial charge in [0.05, 0.1) is 30.5 Å². The summed E-state index contributed by atoms with van der Waals surface area (Å²) in [4.78, 5) is 14.0. The van der Waals surface area contributed by atoms with E-state index in [9.17, 15) is 8.42 Å². The van der Waals surface area contributed by atoms with Crippen LogP contribution in [-0.2, 0) is 23.0 Å². The van der Waals surface area contributed by atoms with Crippen molar-refractivity contribution in [2.75, 3.05) is 19.3 Å². The molecule has 134 valence electrons. The van der Waals surface area contributed by atoms with Crippen LogP contribution in [0.3, 0.4) is 0 Å². The van der Waals surface area contributed by atoms with Crippen molar-refractivity contribution in [3.8, 4) is 0 Å². The summed E-state index contributed by atoms with van der Waals surface area (Å²) in [7, 11) is -3.34. The fourth-order valence-electron chi connectivity index (χ4n) is 3.58. The predicted molar refractivity (Wildman–Crippen MR) is 94.2 cm³/mol. The first-order chi connectivity index (χ1) is 11.5. The maximum atomic E-state index is 11.7. The number of guanidine groups is 1.